The molecular formula is C13H19FN2O3. The highest BCUT2D eigenvalue weighted by molar-refractivity contribution is 5.78. The van der Waals surface area contributed by atoms with Gasteiger partial charge in [-0.15, -0.1) is 0 Å². The number of ether oxygens (including phenoxy) is 1. The molecule has 0 aliphatic carbocycles. The van der Waals surface area contributed by atoms with E-state index in [1.165, 1.54) is 18.2 Å². The lowest BCUT2D eigenvalue weighted by Gasteiger charge is -2.15. The fourth-order valence-electron chi connectivity index (χ4n) is 1.58. The Morgan fingerprint density at radius 2 is 2.26 bits per heavy atom. The summed E-state index contributed by atoms with van der Waals surface area (Å²) in [5.41, 5.74) is 0.421. The maximum Gasteiger partial charge on any atom is 0.234 e. The molecule has 0 aromatic heterocycles. The van der Waals surface area contributed by atoms with Gasteiger partial charge in [-0.25, -0.2) is 4.39 Å². The van der Waals surface area contributed by atoms with Gasteiger partial charge in [0.15, 0.2) is 0 Å². The van der Waals surface area contributed by atoms with Gasteiger partial charge in [0, 0.05) is 25.3 Å². The Bertz CT molecular complexity index is 426. The minimum Gasteiger partial charge on any atom is -0.508 e. The number of hydrogen-bond acceptors (Lipinski definition) is 4. The number of benzene rings is 1. The van der Waals surface area contributed by atoms with E-state index in [1.54, 1.807) is 14.0 Å². The molecule has 106 valence electrons. The number of phenols is 1. The van der Waals surface area contributed by atoms with E-state index in [-0.39, 0.29) is 24.2 Å². The van der Waals surface area contributed by atoms with Crippen LogP contribution in [0, 0.1) is 5.82 Å². The van der Waals surface area contributed by atoms with E-state index in [0.717, 1.165) is 0 Å². The molecular weight excluding hydrogens is 251 g/mol. The Morgan fingerprint density at radius 3 is 2.95 bits per heavy atom. The predicted octanol–water partition coefficient (Wildman–Crippen LogP) is 0.944. The van der Waals surface area contributed by atoms with Gasteiger partial charge in [0.2, 0.25) is 5.91 Å². The molecule has 1 rings (SSSR count). The topological polar surface area (TPSA) is 70.6 Å². The summed E-state index contributed by atoms with van der Waals surface area (Å²) in [5, 5.41) is 15.2. The molecule has 0 aliphatic rings. The summed E-state index contributed by atoms with van der Waals surface area (Å²) in [5.74, 6) is -0.605. The van der Waals surface area contributed by atoms with Crippen LogP contribution in [0.15, 0.2) is 18.2 Å². The van der Waals surface area contributed by atoms with Crippen molar-refractivity contribution >= 4 is 5.91 Å². The summed E-state index contributed by atoms with van der Waals surface area (Å²) in [7, 11) is 1.55. The van der Waals surface area contributed by atoms with E-state index in [4.69, 9.17) is 4.74 Å². The molecule has 0 aliphatic heterocycles. The Balaban J connectivity index is 2.44. The summed E-state index contributed by atoms with van der Waals surface area (Å²) in [6.45, 7) is 2.72. The first-order valence-electron chi connectivity index (χ1n) is 6.02. The molecule has 6 heteroatoms. The third-order valence-electron chi connectivity index (χ3n) is 2.65. The third-order valence-corrected chi connectivity index (χ3v) is 2.65. The molecule has 1 atom stereocenters. The van der Waals surface area contributed by atoms with E-state index in [2.05, 4.69) is 10.6 Å². The summed E-state index contributed by atoms with van der Waals surface area (Å²) < 4.78 is 17.9. The average molecular weight is 270 g/mol. The molecule has 1 amide bonds. The number of halogens is 1. The van der Waals surface area contributed by atoms with Crippen LogP contribution in [0.3, 0.4) is 0 Å². The number of hydrogen-bond donors (Lipinski definition) is 3. The summed E-state index contributed by atoms with van der Waals surface area (Å²) in [6.07, 6.45) is 0. The highest BCUT2D eigenvalue weighted by Gasteiger charge is 2.12. The average Bonchev–Trinajstić information content (AvgIpc) is 2.39. The van der Waals surface area contributed by atoms with Crippen molar-refractivity contribution < 1.29 is 19.0 Å². The lowest BCUT2D eigenvalue weighted by Crippen LogP contribution is -2.36. The van der Waals surface area contributed by atoms with Crippen LogP contribution in [0.4, 0.5) is 4.39 Å². The van der Waals surface area contributed by atoms with Gasteiger partial charge in [-0.2, -0.15) is 0 Å². The first kappa shape index (κ1) is 15.4. The minimum absolute atomic E-state index is 0.00110. The van der Waals surface area contributed by atoms with Crippen LogP contribution in [0.1, 0.15) is 18.5 Å². The van der Waals surface area contributed by atoms with Gasteiger partial charge >= 0.3 is 0 Å². The van der Waals surface area contributed by atoms with Crippen LogP contribution < -0.4 is 10.6 Å². The van der Waals surface area contributed by atoms with E-state index in [1.807, 2.05) is 0 Å². The largest absolute Gasteiger partial charge is 0.508 e. The van der Waals surface area contributed by atoms with Gasteiger partial charge in [0.1, 0.15) is 11.6 Å². The first-order valence-corrected chi connectivity index (χ1v) is 6.02. The zero-order valence-corrected chi connectivity index (χ0v) is 11.1. The molecule has 1 aromatic rings. The monoisotopic (exact) mass is 270 g/mol. The quantitative estimate of drug-likeness (QED) is 0.645. The standard InChI is InChI=1S/C13H19FN2O3/c1-9(11-7-10(14)3-4-12(11)17)16-8-13(18)15-5-6-19-2/h3-4,7,9,16-17H,5-6,8H2,1-2H3,(H,15,18). The van der Waals surface area contributed by atoms with Crippen LogP contribution in [0.2, 0.25) is 0 Å². The van der Waals surface area contributed by atoms with Crippen molar-refractivity contribution in [2.24, 2.45) is 0 Å². The minimum atomic E-state index is -0.425. The lowest BCUT2D eigenvalue weighted by atomic mass is 10.1. The molecule has 1 aromatic carbocycles. The van der Waals surface area contributed by atoms with Gasteiger partial charge in [-0.1, -0.05) is 0 Å². The zero-order valence-electron chi connectivity index (χ0n) is 11.1. The van der Waals surface area contributed by atoms with Crippen LogP contribution in [0.5, 0.6) is 5.75 Å². The molecule has 0 bridgehead atoms. The van der Waals surface area contributed by atoms with Crippen molar-refractivity contribution in [3.05, 3.63) is 29.6 Å². The number of nitrogens with one attached hydrogen (secondary N) is 2. The molecule has 0 fully saturated rings. The smallest absolute Gasteiger partial charge is 0.234 e. The molecule has 0 heterocycles. The molecule has 0 radical (unpaired) electrons. The van der Waals surface area contributed by atoms with Crippen molar-refractivity contribution in [3.63, 3.8) is 0 Å². The van der Waals surface area contributed by atoms with Crippen molar-refractivity contribution in [1.29, 1.82) is 0 Å². The third kappa shape index (κ3) is 5.23. The van der Waals surface area contributed by atoms with Crippen molar-refractivity contribution in [1.82, 2.24) is 10.6 Å². The van der Waals surface area contributed by atoms with E-state index >= 15 is 0 Å². The van der Waals surface area contributed by atoms with Gasteiger partial charge in [0.05, 0.1) is 13.2 Å². The maximum absolute atomic E-state index is 13.1. The lowest BCUT2D eigenvalue weighted by molar-refractivity contribution is -0.120. The fraction of sp³-hybridized carbons (Fsp3) is 0.462. The van der Waals surface area contributed by atoms with Crippen LogP contribution in [-0.4, -0.2) is 37.8 Å². The molecule has 19 heavy (non-hydrogen) atoms. The first-order chi connectivity index (χ1) is 9.04. The van der Waals surface area contributed by atoms with Crippen molar-refractivity contribution in [2.45, 2.75) is 13.0 Å². The van der Waals surface area contributed by atoms with Crippen LogP contribution in [0.25, 0.3) is 0 Å². The van der Waals surface area contributed by atoms with Gasteiger partial charge in [-0.3, -0.25) is 4.79 Å². The molecule has 1 unspecified atom stereocenters. The molecule has 5 nitrogen and oxygen atoms in total. The Morgan fingerprint density at radius 1 is 1.53 bits per heavy atom. The van der Waals surface area contributed by atoms with Crippen LogP contribution in [-0.2, 0) is 9.53 Å². The second kappa shape index (κ2) is 7.70. The predicted molar refractivity (Wildman–Crippen MR) is 69.4 cm³/mol. The van der Waals surface area contributed by atoms with Crippen molar-refractivity contribution in [2.75, 3.05) is 26.8 Å². The SMILES string of the molecule is COCCNC(=O)CNC(C)c1cc(F)ccc1O. The van der Waals surface area contributed by atoms with Crippen LogP contribution >= 0.6 is 0 Å². The van der Waals surface area contributed by atoms with Gasteiger partial charge in [0.25, 0.3) is 0 Å². The number of phenolic OH excluding ortho intramolecular Hbond substituents is 1. The highest BCUT2D eigenvalue weighted by atomic mass is 19.1. The Kier molecular flexibility index (Phi) is 6.24. The van der Waals surface area contributed by atoms with E-state index in [9.17, 15) is 14.3 Å². The van der Waals surface area contributed by atoms with Gasteiger partial charge in [-0.05, 0) is 25.1 Å². The zero-order chi connectivity index (χ0) is 14.3. The fourth-order valence-corrected chi connectivity index (χ4v) is 1.58. The number of methoxy groups -OCH3 is 1. The number of carbonyl (C=O) groups is 1. The van der Waals surface area contributed by atoms with Gasteiger partial charge < -0.3 is 20.5 Å². The molecule has 0 saturated carbocycles. The number of aromatic hydroxyl groups is 1. The Hall–Kier alpha value is -1.66. The molecule has 0 spiro atoms. The Labute approximate surface area is 111 Å². The second-order valence-corrected chi connectivity index (χ2v) is 4.15. The number of rotatable bonds is 7. The number of amides is 1. The second-order valence-electron chi connectivity index (χ2n) is 4.15. The molecule has 3 N–H and O–H groups in total. The normalized spacial score (nSPS) is 12.2. The maximum atomic E-state index is 13.1. The van der Waals surface area contributed by atoms with E-state index < -0.39 is 5.82 Å². The summed E-state index contributed by atoms with van der Waals surface area (Å²) in [6, 6.07) is 3.39. The van der Waals surface area contributed by atoms with Crippen molar-refractivity contribution in [3.8, 4) is 5.75 Å². The molecule has 0 saturated heterocycles. The van der Waals surface area contributed by atoms with E-state index in [0.29, 0.717) is 18.7 Å². The summed E-state index contributed by atoms with van der Waals surface area (Å²) >= 11 is 0. The highest BCUT2D eigenvalue weighted by Crippen LogP contribution is 2.24. The number of carbonyl (C=O) groups excluding carboxylic acids is 1. The summed E-state index contributed by atoms with van der Waals surface area (Å²) in [4.78, 5) is 11.4.